The summed E-state index contributed by atoms with van der Waals surface area (Å²) >= 11 is 0. The van der Waals surface area contributed by atoms with Crippen LogP contribution in [0.4, 0.5) is 0 Å². The average molecular weight is 296 g/mol. The van der Waals surface area contributed by atoms with Gasteiger partial charge in [-0.3, -0.25) is 9.59 Å². The van der Waals surface area contributed by atoms with E-state index in [2.05, 4.69) is 4.98 Å². The van der Waals surface area contributed by atoms with E-state index in [0.717, 1.165) is 16.7 Å². The third-order valence-electron chi connectivity index (χ3n) is 3.79. The minimum absolute atomic E-state index is 0.177. The topological polar surface area (TPSA) is 66.3 Å². The molecule has 0 bridgehead atoms. The highest BCUT2D eigenvalue weighted by Gasteiger charge is 2.21. The number of rotatable bonds is 3. The molecule has 5 nitrogen and oxygen atoms in total. The minimum Gasteiger partial charge on any atom is -0.459 e. The zero-order valence-corrected chi connectivity index (χ0v) is 12.4. The summed E-state index contributed by atoms with van der Waals surface area (Å²) in [6.45, 7) is 1.90. The van der Waals surface area contributed by atoms with Crippen LogP contribution in [-0.4, -0.2) is 22.8 Å². The van der Waals surface area contributed by atoms with Crippen molar-refractivity contribution in [1.82, 2.24) is 9.88 Å². The Balaban J connectivity index is 1.87. The molecule has 22 heavy (non-hydrogen) atoms. The van der Waals surface area contributed by atoms with Crippen LogP contribution >= 0.6 is 0 Å². The van der Waals surface area contributed by atoms with E-state index in [1.165, 1.54) is 18.3 Å². The van der Waals surface area contributed by atoms with E-state index in [1.54, 1.807) is 11.9 Å². The molecule has 0 aliphatic rings. The molecule has 0 fully saturated rings. The van der Waals surface area contributed by atoms with E-state index < -0.39 is 0 Å². The number of amides is 1. The molecule has 0 aliphatic carbocycles. The molecule has 1 aromatic carbocycles. The molecule has 2 aromatic heterocycles. The zero-order valence-electron chi connectivity index (χ0n) is 12.4. The number of aromatic nitrogens is 1. The Kier molecular flexibility index (Phi) is 3.55. The first-order chi connectivity index (χ1) is 10.6. The molecule has 0 radical (unpaired) electrons. The van der Waals surface area contributed by atoms with Crippen molar-refractivity contribution in [3.05, 3.63) is 70.3 Å². The lowest BCUT2D eigenvalue weighted by atomic mass is 10.1. The molecule has 1 atom stereocenters. The quantitative estimate of drug-likeness (QED) is 0.808. The lowest BCUT2D eigenvalue weighted by Crippen LogP contribution is -2.29. The van der Waals surface area contributed by atoms with Crippen LogP contribution in [0, 0.1) is 0 Å². The number of hydrogen-bond acceptors (Lipinski definition) is 3. The van der Waals surface area contributed by atoms with Gasteiger partial charge in [-0.1, -0.05) is 18.2 Å². The number of nitrogens with zero attached hydrogens (tertiary/aromatic N) is 1. The van der Waals surface area contributed by atoms with Crippen molar-refractivity contribution >= 4 is 16.9 Å². The van der Waals surface area contributed by atoms with Gasteiger partial charge >= 0.3 is 0 Å². The van der Waals surface area contributed by atoms with Crippen molar-refractivity contribution in [2.45, 2.75) is 13.0 Å². The highest BCUT2D eigenvalue weighted by Crippen LogP contribution is 2.27. The van der Waals surface area contributed by atoms with Gasteiger partial charge in [0.1, 0.15) is 11.3 Å². The fourth-order valence-corrected chi connectivity index (χ4v) is 2.32. The number of H-pyrrole nitrogens is 1. The number of hydrogen-bond donors (Lipinski definition) is 1. The molecule has 112 valence electrons. The maximum Gasteiger partial charge on any atom is 0.255 e. The number of fused-ring (bicyclic) bond motifs is 1. The first-order valence-electron chi connectivity index (χ1n) is 7.00. The van der Waals surface area contributed by atoms with Crippen LogP contribution in [0.1, 0.15) is 29.1 Å². The van der Waals surface area contributed by atoms with Gasteiger partial charge in [0.15, 0.2) is 0 Å². The molecule has 0 saturated heterocycles. The van der Waals surface area contributed by atoms with E-state index >= 15 is 0 Å². The first kappa shape index (κ1) is 14.1. The molecule has 1 unspecified atom stereocenters. The Bertz CT molecular complexity index is 825. The fraction of sp³-hybridized carbons (Fsp3) is 0.176. The fourth-order valence-electron chi connectivity index (χ4n) is 2.32. The first-order valence-corrected chi connectivity index (χ1v) is 7.00. The summed E-state index contributed by atoms with van der Waals surface area (Å²) < 4.78 is 5.80. The summed E-state index contributed by atoms with van der Waals surface area (Å²) in [5.41, 5.74) is 1.00. The van der Waals surface area contributed by atoms with E-state index in [1.807, 2.05) is 37.3 Å². The summed E-state index contributed by atoms with van der Waals surface area (Å²) in [7, 11) is 1.71. The minimum atomic E-state index is -0.232. The SMILES string of the molecule is CC(c1cc2ccccc2o1)N(C)C(=O)c1ccc(=O)[nH]c1. The largest absolute Gasteiger partial charge is 0.459 e. The number of carbonyl (C=O) groups excluding carboxylic acids is 1. The average Bonchev–Trinajstić information content (AvgIpc) is 2.97. The Hall–Kier alpha value is -2.82. The molecule has 1 N–H and O–H groups in total. The second-order valence-electron chi connectivity index (χ2n) is 5.22. The lowest BCUT2D eigenvalue weighted by Gasteiger charge is -2.23. The Morgan fingerprint density at radius 1 is 1.23 bits per heavy atom. The van der Waals surface area contributed by atoms with Crippen molar-refractivity contribution in [2.75, 3.05) is 7.05 Å². The molecule has 2 heterocycles. The summed E-state index contributed by atoms with van der Waals surface area (Å²) in [4.78, 5) is 27.6. The molecule has 0 saturated carbocycles. The number of nitrogens with one attached hydrogen (secondary N) is 1. The van der Waals surface area contributed by atoms with Crippen molar-refractivity contribution in [1.29, 1.82) is 0 Å². The van der Waals surface area contributed by atoms with E-state index in [-0.39, 0.29) is 17.5 Å². The molecule has 5 heteroatoms. The number of benzene rings is 1. The van der Waals surface area contributed by atoms with Crippen LogP contribution < -0.4 is 5.56 Å². The second kappa shape index (κ2) is 5.52. The Morgan fingerprint density at radius 2 is 2.00 bits per heavy atom. The van der Waals surface area contributed by atoms with Gasteiger partial charge in [0.05, 0.1) is 11.6 Å². The lowest BCUT2D eigenvalue weighted by molar-refractivity contribution is 0.0727. The van der Waals surface area contributed by atoms with Crippen LogP contribution in [0.25, 0.3) is 11.0 Å². The van der Waals surface area contributed by atoms with E-state index in [0.29, 0.717) is 5.56 Å². The van der Waals surface area contributed by atoms with Gasteiger partial charge in [0.25, 0.3) is 5.91 Å². The van der Waals surface area contributed by atoms with Gasteiger partial charge < -0.3 is 14.3 Å². The molecule has 0 spiro atoms. The molecule has 1 amide bonds. The molecular formula is C17H16N2O3. The number of para-hydroxylation sites is 1. The second-order valence-corrected chi connectivity index (χ2v) is 5.22. The maximum absolute atomic E-state index is 12.4. The van der Waals surface area contributed by atoms with Gasteiger partial charge in [-0.15, -0.1) is 0 Å². The monoisotopic (exact) mass is 296 g/mol. The number of aromatic amines is 1. The van der Waals surface area contributed by atoms with Crippen molar-refractivity contribution in [3.63, 3.8) is 0 Å². The van der Waals surface area contributed by atoms with Crippen LogP contribution in [0.15, 0.2) is 57.9 Å². The third-order valence-corrected chi connectivity index (χ3v) is 3.79. The molecule has 0 aliphatic heterocycles. The number of furan rings is 1. The van der Waals surface area contributed by atoms with Crippen molar-refractivity contribution in [2.24, 2.45) is 0 Å². The van der Waals surface area contributed by atoms with Gasteiger partial charge in [-0.2, -0.15) is 0 Å². The van der Waals surface area contributed by atoms with Crippen molar-refractivity contribution < 1.29 is 9.21 Å². The standard InChI is InChI=1S/C17H16N2O3/c1-11(15-9-12-5-3-4-6-14(12)22-15)19(2)17(21)13-7-8-16(20)18-10-13/h3-11H,1-2H3,(H,18,20). The van der Waals surface area contributed by atoms with Gasteiger partial charge in [0.2, 0.25) is 5.56 Å². The van der Waals surface area contributed by atoms with Gasteiger partial charge in [-0.05, 0) is 25.1 Å². The van der Waals surface area contributed by atoms with Gasteiger partial charge in [-0.25, -0.2) is 0 Å². The van der Waals surface area contributed by atoms with Crippen molar-refractivity contribution in [3.8, 4) is 0 Å². The molecule has 3 rings (SSSR count). The van der Waals surface area contributed by atoms with E-state index in [9.17, 15) is 9.59 Å². The predicted octanol–water partition coefficient (Wildman–Crippen LogP) is 2.95. The maximum atomic E-state index is 12.4. The van der Waals surface area contributed by atoms with Crippen LogP contribution in [0.2, 0.25) is 0 Å². The van der Waals surface area contributed by atoms with Crippen LogP contribution in [0.3, 0.4) is 0 Å². The highest BCUT2D eigenvalue weighted by molar-refractivity contribution is 5.94. The van der Waals surface area contributed by atoms with Gasteiger partial charge in [0, 0.05) is 24.7 Å². The molecular weight excluding hydrogens is 280 g/mol. The van der Waals surface area contributed by atoms with Crippen LogP contribution in [-0.2, 0) is 0 Å². The smallest absolute Gasteiger partial charge is 0.255 e. The van der Waals surface area contributed by atoms with E-state index in [4.69, 9.17) is 4.42 Å². The Labute approximate surface area is 127 Å². The molecule has 3 aromatic rings. The zero-order chi connectivity index (χ0) is 15.7. The normalized spacial score (nSPS) is 12.3. The number of pyridine rings is 1. The highest BCUT2D eigenvalue weighted by atomic mass is 16.3. The van der Waals surface area contributed by atoms with Crippen LogP contribution in [0.5, 0.6) is 0 Å². The summed E-state index contributed by atoms with van der Waals surface area (Å²) in [6.07, 6.45) is 1.42. The number of carbonyl (C=O) groups is 1. The summed E-state index contributed by atoms with van der Waals surface area (Å²) in [6, 6.07) is 12.3. The summed E-state index contributed by atoms with van der Waals surface area (Å²) in [5.74, 6) is 0.547. The summed E-state index contributed by atoms with van der Waals surface area (Å²) in [5, 5.41) is 1.01. The third kappa shape index (κ3) is 2.53. The predicted molar refractivity (Wildman–Crippen MR) is 83.8 cm³/mol. The Morgan fingerprint density at radius 3 is 2.68 bits per heavy atom.